The van der Waals surface area contributed by atoms with Crippen LogP contribution in [0, 0.1) is 0 Å². The van der Waals surface area contributed by atoms with E-state index < -0.39 is 0 Å². The molecule has 0 fully saturated rings. The van der Waals surface area contributed by atoms with Crippen molar-refractivity contribution in [1.82, 2.24) is 0 Å². The van der Waals surface area contributed by atoms with Gasteiger partial charge in [0.05, 0.1) is 0 Å². The van der Waals surface area contributed by atoms with Crippen LogP contribution in [0.4, 0.5) is 0 Å². The Morgan fingerprint density at radius 2 is 1.88 bits per heavy atom. The van der Waals surface area contributed by atoms with Gasteiger partial charge in [-0.1, -0.05) is 44.9 Å². The molecule has 1 aromatic rings. The largest absolute Gasteiger partial charge is 0.487 e. The zero-order valence-electron chi connectivity index (χ0n) is 10.9. The average Bonchev–Trinajstić information content (AvgIpc) is 2.29. The van der Waals surface area contributed by atoms with Gasteiger partial charge in [0.25, 0.3) is 0 Å². The highest BCUT2D eigenvalue weighted by atomic mass is 16.5. The van der Waals surface area contributed by atoms with E-state index in [1.54, 1.807) is 0 Å². The van der Waals surface area contributed by atoms with Crippen molar-refractivity contribution in [3.05, 3.63) is 29.8 Å². The first kappa shape index (κ1) is 12.4. The molecule has 2 N–H and O–H groups in total. The van der Waals surface area contributed by atoms with Gasteiger partial charge in [-0.05, 0) is 18.9 Å². The van der Waals surface area contributed by atoms with Crippen molar-refractivity contribution in [3.8, 4) is 5.75 Å². The minimum Gasteiger partial charge on any atom is -0.487 e. The van der Waals surface area contributed by atoms with E-state index in [4.69, 9.17) is 10.5 Å². The van der Waals surface area contributed by atoms with Gasteiger partial charge in [-0.3, -0.25) is 0 Å². The quantitative estimate of drug-likeness (QED) is 0.858. The summed E-state index contributed by atoms with van der Waals surface area (Å²) in [5.74, 6) is 0.994. The summed E-state index contributed by atoms with van der Waals surface area (Å²) in [5, 5.41) is 0. The highest BCUT2D eigenvalue weighted by molar-refractivity contribution is 5.38. The molecule has 0 spiro atoms. The number of nitrogens with two attached hydrogens (primary N) is 1. The summed E-state index contributed by atoms with van der Waals surface area (Å²) >= 11 is 0. The van der Waals surface area contributed by atoms with Crippen molar-refractivity contribution in [2.45, 2.75) is 57.6 Å². The molecule has 2 rings (SSSR count). The number of benzene rings is 1. The highest BCUT2D eigenvalue weighted by Crippen LogP contribution is 2.42. The van der Waals surface area contributed by atoms with Gasteiger partial charge in [0, 0.05) is 18.0 Å². The Hall–Kier alpha value is -1.02. The molecule has 2 heteroatoms. The lowest BCUT2D eigenvalue weighted by atomic mass is 9.81. The van der Waals surface area contributed by atoms with E-state index in [1.807, 2.05) is 12.1 Å². The minimum atomic E-state index is -0.0305. The van der Waals surface area contributed by atoms with Crippen LogP contribution in [0.25, 0.3) is 0 Å². The van der Waals surface area contributed by atoms with E-state index in [0.29, 0.717) is 0 Å². The summed E-state index contributed by atoms with van der Waals surface area (Å²) in [6.07, 6.45) is 5.45. The zero-order chi connectivity index (χ0) is 12.3. The smallest absolute Gasteiger partial charge is 0.124 e. The van der Waals surface area contributed by atoms with E-state index in [0.717, 1.165) is 43.4 Å². The molecule has 2 nitrogen and oxygen atoms in total. The summed E-state index contributed by atoms with van der Waals surface area (Å²) in [7, 11) is 0. The summed E-state index contributed by atoms with van der Waals surface area (Å²) in [6.45, 7) is 4.43. The molecular formula is C15H23NO. The lowest BCUT2D eigenvalue weighted by Gasteiger charge is -2.41. The van der Waals surface area contributed by atoms with Crippen LogP contribution in [0.5, 0.6) is 5.75 Å². The number of hydrogen-bond acceptors (Lipinski definition) is 2. The van der Waals surface area contributed by atoms with Crippen LogP contribution >= 0.6 is 0 Å². The number of rotatable bonds is 4. The lowest BCUT2D eigenvalue weighted by Crippen LogP contribution is -2.42. The molecule has 0 radical (unpaired) electrons. The first-order chi connectivity index (χ1) is 8.21. The van der Waals surface area contributed by atoms with Crippen LogP contribution in [0.1, 0.15) is 57.6 Å². The maximum atomic E-state index is 6.30. The van der Waals surface area contributed by atoms with E-state index >= 15 is 0 Å². The number of hydrogen-bond donors (Lipinski definition) is 1. The predicted octanol–water partition coefficient (Wildman–Crippen LogP) is 3.81. The van der Waals surface area contributed by atoms with Crippen LogP contribution in [-0.2, 0) is 0 Å². The van der Waals surface area contributed by atoms with Gasteiger partial charge in [-0.2, -0.15) is 0 Å². The molecule has 0 amide bonds. The van der Waals surface area contributed by atoms with Gasteiger partial charge in [-0.15, -0.1) is 0 Å². The second kappa shape index (κ2) is 5.09. The predicted molar refractivity (Wildman–Crippen MR) is 71.2 cm³/mol. The maximum absolute atomic E-state index is 6.30. The van der Waals surface area contributed by atoms with Crippen LogP contribution in [0.3, 0.4) is 0 Å². The molecule has 0 saturated carbocycles. The molecule has 0 bridgehead atoms. The molecule has 0 saturated heterocycles. The van der Waals surface area contributed by atoms with Gasteiger partial charge in [-0.25, -0.2) is 0 Å². The average molecular weight is 233 g/mol. The molecule has 1 aromatic carbocycles. The third kappa shape index (κ3) is 2.47. The topological polar surface area (TPSA) is 35.2 Å². The second-order valence-electron chi connectivity index (χ2n) is 5.13. The Balaban J connectivity index is 2.29. The number of ether oxygens (including phenoxy) is 1. The number of para-hydroxylation sites is 1. The summed E-state index contributed by atoms with van der Waals surface area (Å²) in [6, 6.07) is 8.32. The molecule has 17 heavy (non-hydrogen) atoms. The number of fused-ring (bicyclic) bond motifs is 1. The van der Waals surface area contributed by atoms with Crippen molar-refractivity contribution < 1.29 is 4.74 Å². The molecule has 1 aliphatic rings. The van der Waals surface area contributed by atoms with Crippen molar-refractivity contribution in [3.63, 3.8) is 0 Å². The van der Waals surface area contributed by atoms with E-state index in [1.165, 1.54) is 0 Å². The Morgan fingerprint density at radius 3 is 2.53 bits per heavy atom. The summed E-state index contributed by atoms with van der Waals surface area (Å²) < 4.78 is 6.29. The molecule has 1 aliphatic heterocycles. The van der Waals surface area contributed by atoms with E-state index in [9.17, 15) is 0 Å². The Bertz CT molecular complexity index is 369. The SMILES string of the molecule is CCCC1(CCC)CC(N)c2ccccc2O1. The molecule has 0 aliphatic carbocycles. The normalized spacial score (nSPS) is 21.7. The molecule has 94 valence electrons. The van der Waals surface area contributed by atoms with E-state index in [-0.39, 0.29) is 11.6 Å². The van der Waals surface area contributed by atoms with Crippen molar-refractivity contribution in [1.29, 1.82) is 0 Å². The molecule has 0 aromatic heterocycles. The summed E-state index contributed by atoms with van der Waals surface area (Å²) in [5.41, 5.74) is 7.43. The minimum absolute atomic E-state index is 0.0305. The molecule has 1 heterocycles. The second-order valence-corrected chi connectivity index (χ2v) is 5.13. The van der Waals surface area contributed by atoms with Gasteiger partial charge >= 0.3 is 0 Å². The van der Waals surface area contributed by atoms with Crippen molar-refractivity contribution in [2.24, 2.45) is 5.73 Å². The standard InChI is InChI=1S/C15H23NO/c1-3-9-15(10-4-2)11-13(16)12-7-5-6-8-14(12)17-15/h5-8,13H,3-4,9-11,16H2,1-2H3. The third-order valence-electron chi connectivity index (χ3n) is 3.65. The zero-order valence-corrected chi connectivity index (χ0v) is 10.9. The van der Waals surface area contributed by atoms with Crippen molar-refractivity contribution in [2.75, 3.05) is 0 Å². The third-order valence-corrected chi connectivity index (χ3v) is 3.65. The Labute approximate surface area is 104 Å². The van der Waals surface area contributed by atoms with Crippen molar-refractivity contribution >= 4 is 0 Å². The van der Waals surface area contributed by atoms with E-state index in [2.05, 4.69) is 26.0 Å². The van der Waals surface area contributed by atoms with Gasteiger partial charge in [0.15, 0.2) is 0 Å². The molecular weight excluding hydrogens is 210 g/mol. The maximum Gasteiger partial charge on any atom is 0.124 e. The van der Waals surface area contributed by atoms with Crippen LogP contribution in [0.2, 0.25) is 0 Å². The lowest BCUT2D eigenvalue weighted by molar-refractivity contribution is 0.0180. The fourth-order valence-corrected chi connectivity index (χ4v) is 3.01. The van der Waals surface area contributed by atoms with Gasteiger partial charge < -0.3 is 10.5 Å². The first-order valence-electron chi connectivity index (χ1n) is 6.74. The summed E-state index contributed by atoms with van der Waals surface area (Å²) in [4.78, 5) is 0. The Kier molecular flexibility index (Phi) is 3.72. The first-order valence-corrected chi connectivity index (χ1v) is 6.74. The fraction of sp³-hybridized carbons (Fsp3) is 0.600. The Morgan fingerprint density at radius 1 is 1.24 bits per heavy atom. The fourth-order valence-electron chi connectivity index (χ4n) is 3.01. The van der Waals surface area contributed by atoms with Gasteiger partial charge in [0.2, 0.25) is 0 Å². The molecule has 1 unspecified atom stereocenters. The van der Waals surface area contributed by atoms with Crippen LogP contribution < -0.4 is 10.5 Å². The van der Waals surface area contributed by atoms with Crippen LogP contribution in [0.15, 0.2) is 24.3 Å². The van der Waals surface area contributed by atoms with Gasteiger partial charge in [0.1, 0.15) is 11.4 Å². The van der Waals surface area contributed by atoms with Crippen LogP contribution in [-0.4, -0.2) is 5.60 Å². The highest BCUT2D eigenvalue weighted by Gasteiger charge is 2.38. The monoisotopic (exact) mass is 233 g/mol. The molecule has 1 atom stereocenters.